The molecule has 1 aliphatic heterocycles. The van der Waals surface area contributed by atoms with E-state index in [-0.39, 0.29) is 15.5 Å². The van der Waals surface area contributed by atoms with Crippen LogP contribution in [0.1, 0.15) is 36.0 Å². The molecule has 0 bridgehead atoms. The number of halogens is 3. The summed E-state index contributed by atoms with van der Waals surface area (Å²) >= 11 is 11.8. The topological polar surface area (TPSA) is 66.5 Å². The van der Waals surface area contributed by atoms with E-state index in [1.54, 1.807) is 0 Å². The molecular weight excluding hydrogens is 426 g/mol. The SMILES string of the molecule is O=C(Nc1ccc(Cl)c(Cl)c1)c1cc(S(=O)(=O)N2CCCCCC2)ccc1F. The van der Waals surface area contributed by atoms with Crippen LogP contribution in [-0.4, -0.2) is 31.7 Å². The van der Waals surface area contributed by atoms with Gasteiger partial charge in [-0.05, 0) is 49.2 Å². The molecule has 1 N–H and O–H groups in total. The first kappa shape index (κ1) is 21.0. The standard InChI is InChI=1S/C19H19Cl2FN2O3S/c20-16-7-5-13(11-17(16)21)23-19(25)15-12-14(6-8-18(15)22)28(26,27)24-9-3-1-2-4-10-24/h5-8,11-12H,1-4,9-10H2,(H,23,25). The highest BCUT2D eigenvalue weighted by Crippen LogP contribution is 2.26. The minimum absolute atomic E-state index is 0.102. The van der Waals surface area contributed by atoms with Crippen molar-refractivity contribution < 1.29 is 17.6 Å². The van der Waals surface area contributed by atoms with Crippen LogP contribution in [0.4, 0.5) is 10.1 Å². The summed E-state index contributed by atoms with van der Waals surface area (Å²) in [7, 11) is -3.80. The number of hydrogen-bond donors (Lipinski definition) is 1. The van der Waals surface area contributed by atoms with Gasteiger partial charge in [-0.3, -0.25) is 4.79 Å². The Labute approximate surface area is 173 Å². The molecule has 1 amide bonds. The average molecular weight is 445 g/mol. The van der Waals surface area contributed by atoms with Gasteiger partial charge in [0.1, 0.15) is 5.82 Å². The molecule has 2 aromatic rings. The minimum atomic E-state index is -3.80. The molecule has 0 aliphatic carbocycles. The molecule has 0 atom stereocenters. The van der Waals surface area contributed by atoms with Crippen molar-refractivity contribution >= 4 is 44.8 Å². The van der Waals surface area contributed by atoms with Gasteiger partial charge in [-0.25, -0.2) is 12.8 Å². The predicted octanol–water partition coefficient (Wildman–Crippen LogP) is 4.95. The van der Waals surface area contributed by atoms with Gasteiger partial charge < -0.3 is 5.32 Å². The molecule has 1 saturated heterocycles. The first-order valence-electron chi connectivity index (χ1n) is 8.85. The molecule has 0 aromatic heterocycles. The molecule has 0 saturated carbocycles. The normalized spacial score (nSPS) is 15.8. The quantitative estimate of drug-likeness (QED) is 0.725. The van der Waals surface area contributed by atoms with Crippen molar-refractivity contribution in [3.8, 4) is 0 Å². The maximum atomic E-state index is 14.2. The van der Waals surface area contributed by atoms with Gasteiger partial charge in [-0.15, -0.1) is 0 Å². The molecule has 5 nitrogen and oxygen atoms in total. The van der Waals surface area contributed by atoms with Crippen LogP contribution >= 0.6 is 23.2 Å². The van der Waals surface area contributed by atoms with Gasteiger partial charge in [-0.1, -0.05) is 36.0 Å². The molecule has 9 heteroatoms. The maximum Gasteiger partial charge on any atom is 0.258 e. The van der Waals surface area contributed by atoms with Crippen LogP contribution in [-0.2, 0) is 10.0 Å². The lowest BCUT2D eigenvalue weighted by atomic mass is 10.2. The molecule has 1 aliphatic rings. The fourth-order valence-corrected chi connectivity index (χ4v) is 4.88. The summed E-state index contributed by atoms with van der Waals surface area (Å²) in [5.41, 5.74) is -0.0402. The number of carbonyl (C=O) groups excluding carboxylic acids is 1. The predicted molar refractivity (Wildman–Crippen MR) is 108 cm³/mol. The largest absolute Gasteiger partial charge is 0.322 e. The Morgan fingerprint density at radius 1 is 0.964 bits per heavy atom. The number of benzene rings is 2. The third kappa shape index (κ3) is 4.66. The molecule has 0 spiro atoms. The van der Waals surface area contributed by atoms with Gasteiger partial charge in [0.2, 0.25) is 10.0 Å². The minimum Gasteiger partial charge on any atom is -0.322 e. The smallest absolute Gasteiger partial charge is 0.258 e. The molecule has 2 aromatic carbocycles. The summed E-state index contributed by atoms with van der Waals surface area (Å²) in [4.78, 5) is 12.4. The van der Waals surface area contributed by atoms with Crippen LogP contribution in [0.25, 0.3) is 0 Å². The van der Waals surface area contributed by atoms with E-state index < -0.39 is 21.7 Å². The number of hydrogen-bond acceptors (Lipinski definition) is 3. The monoisotopic (exact) mass is 444 g/mol. The first-order valence-corrected chi connectivity index (χ1v) is 11.0. The Morgan fingerprint density at radius 2 is 1.64 bits per heavy atom. The van der Waals surface area contributed by atoms with Crippen molar-refractivity contribution in [1.29, 1.82) is 0 Å². The molecular formula is C19H19Cl2FN2O3S. The number of nitrogens with one attached hydrogen (secondary N) is 1. The lowest BCUT2D eigenvalue weighted by Gasteiger charge is -2.20. The van der Waals surface area contributed by atoms with Gasteiger partial charge >= 0.3 is 0 Å². The van der Waals surface area contributed by atoms with Crippen LogP contribution in [0, 0.1) is 5.82 Å². The molecule has 150 valence electrons. The van der Waals surface area contributed by atoms with E-state index in [4.69, 9.17) is 23.2 Å². The summed E-state index contributed by atoms with van der Waals surface area (Å²) in [6.45, 7) is 0.842. The summed E-state index contributed by atoms with van der Waals surface area (Å²) in [5.74, 6) is -1.59. The molecule has 3 rings (SSSR count). The maximum absolute atomic E-state index is 14.2. The van der Waals surface area contributed by atoms with Crippen LogP contribution in [0.15, 0.2) is 41.3 Å². The Hall–Kier alpha value is -1.67. The molecule has 28 heavy (non-hydrogen) atoms. The van der Waals surface area contributed by atoms with Gasteiger partial charge in [0, 0.05) is 18.8 Å². The molecule has 0 radical (unpaired) electrons. The second-order valence-electron chi connectivity index (χ2n) is 6.54. The molecule has 1 fully saturated rings. The summed E-state index contributed by atoms with van der Waals surface area (Å²) < 4.78 is 41.5. The van der Waals surface area contributed by atoms with E-state index in [9.17, 15) is 17.6 Å². The number of amides is 1. The summed E-state index contributed by atoms with van der Waals surface area (Å²) in [6.07, 6.45) is 3.52. The number of anilines is 1. The van der Waals surface area contributed by atoms with Crippen molar-refractivity contribution in [1.82, 2.24) is 4.31 Å². The van der Waals surface area contributed by atoms with Crippen LogP contribution in [0.3, 0.4) is 0 Å². The van der Waals surface area contributed by atoms with E-state index in [2.05, 4.69) is 5.32 Å². The van der Waals surface area contributed by atoms with Gasteiger partial charge in [0.15, 0.2) is 0 Å². The highest BCUT2D eigenvalue weighted by atomic mass is 35.5. The zero-order chi connectivity index (χ0) is 20.3. The highest BCUT2D eigenvalue weighted by Gasteiger charge is 2.27. The van der Waals surface area contributed by atoms with Crippen molar-refractivity contribution in [3.63, 3.8) is 0 Å². The molecule has 0 unspecified atom stereocenters. The molecule has 1 heterocycles. The number of rotatable bonds is 4. The second kappa shape index (κ2) is 8.78. The Kier molecular flexibility index (Phi) is 6.60. The Balaban J connectivity index is 1.88. The van der Waals surface area contributed by atoms with Gasteiger partial charge in [-0.2, -0.15) is 4.31 Å². The Morgan fingerprint density at radius 3 is 2.29 bits per heavy atom. The van der Waals surface area contributed by atoms with E-state index >= 15 is 0 Å². The van der Waals surface area contributed by atoms with Gasteiger partial charge in [0.05, 0.1) is 20.5 Å². The van der Waals surface area contributed by atoms with Gasteiger partial charge in [0.25, 0.3) is 5.91 Å². The van der Waals surface area contributed by atoms with E-state index in [0.717, 1.165) is 37.8 Å². The number of nitrogens with zero attached hydrogens (tertiary/aromatic N) is 1. The van der Waals surface area contributed by atoms with Crippen LogP contribution < -0.4 is 5.32 Å². The third-order valence-corrected chi connectivity index (χ3v) is 7.20. The van der Waals surface area contributed by atoms with E-state index in [1.165, 1.54) is 28.6 Å². The van der Waals surface area contributed by atoms with Crippen LogP contribution in [0.2, 0.25) is 10.0 Å². The van der Waals surface area contributed by atoms with Crippen molar-refractivity contribution in [2.24, 2.45) is 0 Å². The van der Waals surface area contributed by atoms with Crippen molar-refractivity contribution in [2.45, 2.75) is 30.6 Å². The van der Waals surface area contributed by atoms with Crippen molar-refractivity contribution in [2.75, 3.05) is 18.4 Å². The highest BCUT2D eigenvalue weighted by molar-refractivity contribution is 7.89. The zero-order valence-corrected chi connectivity index (χ0v) is 17.2. The second-order valence-corrected chi connectivity index (χ2v) is 9.30. The van der Waals surface area contributed by atoms with E-state index in [0.29, 0.717) is 23.8 Å². The van der Waals surface area contributed by atoms with Crippen molar-refractivity contribution in [3.05, 3.63) is 57.8 Å². The lowest BCUT2D eigenvalue weighted by Crippen LogP contribution is -2.32. The fraction of sp³-hybridized carbons (Fsp3) is 0.316. The summed E-state index contributed by atoms with van der Waals surface area (Å²) in [6, 6.07) is 7.69. The van der Waals surface area contributed by atoms with Crippen LogP contribution in [0.5, 0.6) is 0 Å². The zero-order valence-electron chi connectivity index (χ0n) is 14.9. The van der Waals surface area contributed by atoms with E-state index in [1.807, 2.05) is 0 Å². The fourth-order valence-electron chi connectivity index (χ4n) is 3.04. The lowest BCUT2D eigenvalue weighted by molar-refractivity contribution is 0.102. The third-order valence-electron chi connectivity index (χ3n) is 4.56. The Bertz CT molecular complexity index is 991. The average Bonchev–Trinajstić information content (AvgIpc) is 2.95. The number of carbonyl (C=O) groups is 1. The number of sulfonamides is 1. The first-order chi connectivity index (χ1) is 13.3. The summed E-state index contributed by atoms with van der Waals surface area (Å²) in [5, 5.41) is 3.05.